The van der Waals surface area contributed by atoms with Crippen LogP contribution < -0.4 is 14.8 Å². The number of methoxy groups -OCH3 is 2. The Morgan fingerprint density at radius 2 is 2.00 bits per heavy atom. The fourth-order valence-corrected chi connectivity index (χ4v) is 2.65. The number of thiophene rings is 1. The average molecular weight is 311 g/mol. The van der Waals surface area contributed by atoms with Gasteiger partial charge in [-0.15, -0.1) is 0 Å². The van der Waals surface area contributed by atoms with Crippen LogP contribution in [0.1, 0.15) is 17.2 Å². The number of halogens is 1. The second-order valence-corrected chi connectivity index (χ2v) is 5.29. The van der Waals surface area contributed by atoms with Gasteiger partial charge >= 0.3 is 0 Å². The third-order valence-electron chi connectivity index (χ3n) is 3.11. The Bertz CT molecular complexity index is 575. The number of aliphatic hydroxyl groups is 1. The van der Waals surface area contributed by atoms with Crippen molar-refractivity contribution in [3.05, 3.63) is 45.9 Å². The summed E-state index contributed by atoms with van der Waals surface area (Å²) in [5.74, 6) is 0.181. The highest BCUT2D eigenvalue weighted by atomic mass is 32.1. The molecular formula is C15H18FNO3S. The minimum absolute atomic E-state index is 0.186. The maximum atomic E-state index is 14.0. The number of rotatable bonds is 7. The Labute approximate surface area is 127 Å². The smallest absolute Gasteiger partial charge is 0.163 e. The second kappa shape index (κ2) is 7.40. The van der Waals surface area contributed by atoms with Gasteiger partial charge in [0.2, 0.25) is 0 Å². The van der Waals surface area contributed by atoms with Gasteiger partial charge in [0.15, 0.2) is 11.5 Å². The van der Waals surface area contributed by atoms with E-state index in [1.807, 2.05) is 16.8 Å². The lowest BCUT2D eigenvalue weighted by atomic mass is 10.1. The molecule has 1 atom stereocenters. The van der Waals surface area contributed by atoms with Gasteiger partial charge in [0.25, 0.3) is 0 Å². The van der Waals surface area contributed by atoms with Crippen molar-refractivity contribution in [3.8, 4) is 11.5 Å². The molecule has 0 amide bonds. The van der Waals surface area contributed by atoms with Gasteiger partial charge in [-0.3, -0.25) is 0 Å². The molecule has 0 fully saturated rings. The van der Waals surface area contributed by atoms with E-state index in [4.69, 9.17) is 9.47 Å². The summed E-state index contributed by atoms with van der Waals surface area (Å²) >= 11 is 1.61. The first kappa shape index (κ1) is 15.8. The van der Waals surface area contributed by atoms with E-state index in [1.54, 1.807) is 11.3 Å². The number of hydrogen-bond donors (Lipinski definition) is 2. The number of nitrogens with one attached hydrogen (secondary N) is 1. The van der Waals surface area contributed by atoms with Crippen molar-refractivity contribution >= 4 is 11.3 Å². The molecule has 2 N–H and O–H groups in total. The minimum Gasteiger partial charge on any atom is -0.493 e. The van der Waals surface area contributed by atoms with Gasteiger partial charge in [0.1, 0.15) is 5.82 Å². The van der Waals surface area contributed by atoms with Gasteiger partial charge in [-0.25, -0.2) is 4.39 Å². The number of ether oxygens (including phenoxy) is 2. The third kappa shape index (κ3) is 3.93. The highest BCUT2D eigenvalue weighted by Gasteiger charge is 2.17. The third-order valence-corrected chi connectivity index (χ3v) is 3.84. The van der Waals surface area contributed by atoms with Crippen LogP contribution >= 0.6 is 11.3 Å². The van der Waals surface area contributed by atoms with Gasteiger partial charge in [-0.05, 0) is 28.5 Å². The van der Waals surface area contributed by atoms with E-state index in [0.717, 1.165) is 5.56 Å². The largest absolute Gasteiger partial charge is 0.493 e. The molecule has 6 heteroatoms. The lowest BCUT2D eigenvalue weighted by molar-refractivity contribution is 0.169. The Kier molecular flexibility index (Phi) is 5.55. The maximum absolute atomic E-state index is 14.0. The fraction of sp³-hybridized carbons (Fsp3) is 0.333. The summed E-state index contributed by atoms with van der Waals surface area (Å²) in [6.07, 6.45) is -0.955. The average Bonchev–Trinajstić information content (AvgIpc) is 3.00. The number of benzene rings is 1. The number of hydrogen-bond acceptors (Lipinski definition) is 5. The molecule has 2 aromatic rings. The summed E-state index contributed by atoms with van der Waals surface area (Å²) in [6.45, 7) is 0.887. The van der Waals surface area contributed by atoms with E-state index >= 15 is 0 Å². The highest BCUT2D eigenvalue weighted by Crippen LogP contribution is 2.32. The van der Waals surface area contributed by atoms with Crippen molar-refractivity contribution < 1.29 is 19.0 Å². The van der Waals surface area contributed by atoms with E-state index < -0.39 is 11.9 Å². The van der Waals surface area contributed by atoms with Gasteiger partial charge in [0, 0.05) is 24.7 Å². The van der Waals surface area contributed by atoms with Crippen molar-refractivity contribution in [1.82, 2.24) is 5.32 Å². The van der Waals surface area contributed by atoms with Crippen LogP contribution in [0.25, 0.3) is 0 Å². The molecule has 0 saturated heterocycles. The van der Waals surface area contributed by atoms with Gasteiger partial charge in [-0.2, -0.15) is 11.3 Å². The van der Waals surface area contributed by atoms with E-state index in [0.29, 0.717) is 18.0 Å². The van der Waals surface area contributed by atoms with E-state index in [2.05, 4.69) is 5.32 Å². The predicted octanol–water partition coefficient (Wildman–Crippen LogP) is 2.73. The SMILES string of the molecule is COc1cc(F)c(C(O)CNCc2ccsc2)cc1OC. The Balaban J connectivity index is 2.02. The van der Waals surface area contributed by atoms with Gasteiger partial charge in [-0.1, -0.05) is 0 Å². The molecule has 1 unspecified atom stereocenters. The van der Waals surface area contributed by atoms with Crippen molar-refractivity contribution in [1.29, 1.82) is 0 Å². The quantitative estimate of drug-likeness (QED) is 0.825. The summed E-state index contributed by atoms with van der Waals surface area (Å²) in [6, 6.07) is 4.68. The summed E-state index contributed by atoms with van der Waals surface area (Å²) < 4.78 is 24.1. The molecule has 4 nitrogen and oxygen atoms in total. The van der Waals surface area contributed by atoms with Crippen LogP contribution in [0.5, 0.6) is 11.5 Å². The van der Waals surface area contributed by atoms with Crippen LogP contribution in [0.2, 0.25) is 0 Å². The molecule has 2 rings (SSSR count). The lowest BCUT2D eigenvalue weighted by Crippen LogP contribution is -2.21. The molecule has 0 saturated carbocycles. The van der Waals surface area contributed by atoms with E-state index in [-0.39, 0.29) is 12.1 Å². The molecular weight excluding hydrogens is 293 g/mol. The standard InChI is InChI=1S/C15H18FNO3S/c1-19-14-5-11(12(16)6-15(14)20-2)13(18)8-17-7-10-3-4-21-9-10/h3-6,9,13,17-18H,7-8H2,1-2H3. The monoisotopic (exact) mass is 311 g/mol. The zero-order chi connectivity index (χ0) is 15.2. The molecule has 0 aliphatic rings. The van der Waals surface area contributed by atoms with E-state index in [9.17, 15) is 9.50 Å². The Hall–Kier alpha value is -1.63. The molecule has 0 aliphatic heterocycles. The zero-order valence-electron chi connectivity index (χ0n) is 11.9. The van der Waals surface area contributed by atoms with Crippen molar-refractivity contribution in [2.45, 2.75) is 12.6 Å². The Morgan fingerprint density at radius 3 is 2.62 bits per heavy atom. The van der Waals surface area contributed by atoms with Crippen LogP contribution in [0.3, 0.4) is 0 Å². The topological polar surface area (TPSA) is 50.7 Å². The molecule has 0 spiro atoms. The first-order valence-corrected chi connectivity index (χ1v) is 7.41. The Morgan fingerprint density at radius 1 is 1.29 bits per heavy atom. The molecule has 0 radical (unpaired) electrons. The van der Waals surface area contributed by atoms with Crippen LogP contribution in [0.15, 0.2) is 29.0 Å². The van der Waals surface area contributed by atoms with Crippen LogP contribution in [-0.4, -0.2) is 25.9 Å². The summed E-state index contributed by atoms with van der Waals surface area (Å²) in [4.78, 5) is 0. The molecule has 0 aliphatic carbocycles. The summed E-state index contributed by atoms with van der Waals surface area (Å²) in [7, 11) is 2.91. The van der Waals surface area contributed by atoms with E-state index in [1.165, 1.54) is 26.4 Å². The van der Waals surface area contributed by atoms with Crippen molar-refractivity contribution in [2.75, 3.05) is 20.8 Å². The van der Waals surface area contributed by atoms with Crippen LogP contribution in [-0.2, 0) is 6.54 Å². The van der Waals surface area contributed by atoms with Crippen molar-refractivity contribution in [3.63, 3.8) is 0 Å². The molecule has 1 heterocycles. The molecule has 1 aromatic carbocycles. The minimum atomic E-state index is -0.955. The fourth-order valence-electron chi connectivity index (χ4n) is 1.98. The lowest BCUT2D eigenvalue weighted by Gasteiger charge is -2.16. The molecule has 0 bridgehead atoms. The van der Waals surface area contributed by atoms with Crippen LogP contribution in [0, 0.1) is 5.82 Å². The van der Waals surface area contributed by atoms with Crippen LogP contribution in [0.4, 0.5) is 4.39 Å². The molecule has 21 heavy (non-hydrogen) atoms. The molecule has 1 aromatic heterocycles. The predicted molar refractivity (Wildman–Crippen MR) is 80.5 cm³/mol. The maximum Gasteiger partial charge on any atom is 0.163 e. The van der Waals surface area contributed by atoms with Crippen molar-refractivity contribution in [2.24, 2.45) is 0 Å². The molecule has 114 valence electrons. The zero-order valence-corrected chi connectivity index (χ0v) is 12.7. The second-order valence-electron chi connectivity index (χ2n) is 4.51. The first-order valence-electron chi connectivity index (χ1n) is 6.47. The summed E-state index contributed by atoms with van der Waals surface area (Å²) in [5, 5.41) is 17.2. The van der Waals surface area contributed by atoms with Gasteiger partial charge < -0.3 is 19.9 Å². The summed E-state index contributed by atoms with van der Waals surface area (Å²) in [5.41, 5.74) is 1.32. The van der Waals surface area contributed by atoms with Gasteiger partial charge in [0.05, 0.1) is 20.3 Å². The highest BCUT2D eigenvalue weighted by molar-refractivity contribution is 7.07. The number of aliphatic hydroxyl groups excluding tert-OH is 1. The normalized spacial score (nSPS) is 12.2. The first-order chi connectivity index (χ1) is 10.2.